The van der Waals surface area contributed by atoms with Gasteiger partial charge in [0, 0.05) is 26.7 Å². The van der Waals surface area contributed by atoms with Crippen LogP contribution in [0.3, 0.4) is 0 Å². The molecule has 106 valence electrons. The van der Waals surface area contributed by atoms with Gasteiger partial charge in [-0.25, -0.2) is 0 Å². The third-order valence-electron chi connectivity index (χ3n) is 3.63. The first-order valence-corrected chi connectivity index (χ1v) is 6.74. The van der Waals surface area contributed by atoms with Crippen LogP contribution in [0.4, 0.5) is 11.4 Å². The SMILES string of the molecule is CC(C)N(C)c1c(N(C)Cc2ccccc2)c(=O)c1=O. The number of rotatable bonds is 5. The van der Waals surface area contributed by atoms with Gasteiger partial charge in [-0.15, -0.1) is 0 Å². The topological polar surface area (TPSA) is 40.6 Å². The Labute approximate surface area is 118 Å². The van der Waals surface area contributed by atoms with E-state index in [9.17, 15) is 9.59 Å². The van der Waals surface area contributed by atoms with Crippen molar-refractivity contribution in [3.8, 4) is 0 Å². The van der Waals surface area contributed by atoms with Gasteiger partial charge in [0.05, 0.1) is 0 Å². The highest BCUT2D eigenvalue weighted by Crippen LogP contribution is 2.25. The molecule has 0 atom stereocenters. The lowest BCUT2D eigenvalue weighted by molar-refractivity contribution is 0.743. The molecule has 0 heterocycles. The van der Waals surface area contributed by atoms with Crippen LogP contribution in [0.2, 0.25) is 0 Å². The molecule has 0 saturated carbocycles. The van der Waals surface area contributed by atoms with Crippen LogP contribution in [0, 0.1) is 0 Å². The van der Waals surface area contributed by atoms with Crippen molar-refractivity contribution in [1.82, 2.24) is 0 Å². The molecule has 0 fully saturated rings. The average Bonchev–Trinajstić information content (AvgIpc) is 2.43. The molecular formula is C16H20N2O2. The molecule has 0 aromatic heterocycles. The second-order valence-electron chi connectivity index (χ2n) is 5.40. The third-order valence-corrected chi connectivity index (χ3v) is 3.63. The number of hydrogen-bond acceptors (Lipinski definition) is 4. The largest absolute Gasteiger partial charge is 0.367 e. The van der Waals surface area contributed by atoms with Gasteiger partial charge in [-0.05, 0) is 19.4 Å². The Morgan fingerprint density at radius 2 is 1.50 bits per heavy atom. The van der Waals surface area contributed by atoms with Crippen molar-refractivity contribution >= 4 is 11.4 Å². The first-order chi connectivity index (χ1) is 9.43. The predicted molar refractivity (Wildman–Crippen MR) is 83.4 cm³/mol. The molecule has 4 heteroatoms. The van der Waals surface area contributed by atoms with E-state index in [0.717, 1.165) is 5.56 Å². The van der Waals surface area contributed by atoms with Gasteiger partial charge >= 0.3 is 0 Å². The monoisotopic (exact) mass is 272 g/mol. The van der Waals surface area contributed by atoms with Gasteiger partial charge < -0.3 is 9.80 Å². The first kappa shape index (κ1) is 14.3. The Kier molecular flexibility index (Phi) is 3.93. The van der Waals surface area contributed by atoms with Gasteiger partial charge in [0.1, 0.15) is 11.4 Å². The second kappa shape index (κ2) is 5.49. The zero-order valence-corrected chi connectivity index (χ0v) is 12.4. The van der Waals surface area contributed by atoms with Gasteiger partial charge in [-0.3, -0.25) is 9.59 Å². The maximum atomic E-state index is 11.9. The summed E-state index contributed by atoms with van der Waals surface area (Å²) in [7, 11) is 3.70. The smallest absolute Gasteiger partial charge is 0.253 e. The Morgan fingerprint density at radius 3 is 2.05 bits per heavy atom. The number of hydrogen-bond donors (Lipinski definition) is 0. The molecule has 0 N–H and O–H groups in total. The summed E-state index contributed by atoms with van der Waals surface area (Å²) in [6.07, 6.45) is 0. The van der Waals surface area contributed by atoms with E-state index in [1.807, 2.05) is 68.1 Å². The lowest BCUT2D eigenvalue weighted by Crippen LogP contribution is -2.45. The minimum atomic E-state index is -0.383. The highest BCUT2D eigenvalue weighted by Gasteiger charge is 2.27. The van der Waals surface area contributed by atoms with Crippen molar-refractivity contribution in [1.29, 1.82) is 0 Å². The summed E-state index contributed by atoms with van der Waals surface area (Å²) in [5, 5.41) is 0. The minimum absolute atomic E-state index is 0.183. The molecular weight excluding hydrogens is 252 g/mol. The molecule has 2 rings (SSSR count). The molecule has 2 aromatic carbocycles. The Balaban J connectivity index is 2.27. The third kappa shape index (κ3) is 2.46. The molecule has 4 nitrogen and oxygen atoms in total. The van der Waals surface area contributed by atoms with Gasteiger partial charge in [-0.1, -0.05) is 30.3 Å². The number of benzene rings is 1. The molecule has 0 radical (unpaired) electrons. The quantitative estimate of drug-likeness (QED) is 0.778. The van der Waals surface area contributed by atoms with Crippen molar-refractivity contribution in [2.45, 2.75) is 26.4 Å². The van der Waals surface area contributed by atoms with Crippen molar-refractivity contribution in [3.63, 3.8) is 0 Å². The summed E-state index contributed by atoms with van der Waals surface area (Å²) in [5.74, 6) is 0. The van der Waals surface area contributed by atoms with Crippen LogP contribution in [0.25, 0.3) is 0 Å². The normalized spacial score (nSPS) is 11.1. The van der Waals surface area contributed by atoms with Gasteiger partial charge in [0.15, 0.2) is 0 Å². The summed E-state index contributed by atoms with van der Waals surface area (Å²) in [6, 6.07) is 10.1. The van der Waals surface area contributed by atoms with E-state index in [-0.39, 0.29) is 16.9 Å². The van der Waals surface area contributed by atoms with E-state index in [2.05, 4.69) is 0 Å². The molecule has 0 bridgehead atoms. The van der Waals surface area contributed by atoms with Crippen LogP contribution < -0.4 is 20.7 Å². The van der Waals surface area contributed by atoms with E-state index in [4.69, 9.17) is 0 Å². The summed E-state index contributed by atoms with van der Waals surface area (Å²) in [6.45, 7) is 4.61. The molecule has 0 amide bonds. The maximum absolute atomic E-state index is 11.9. The summed E-state index contributed by atoms with van der Waals surface area (Å²) >= 11 is 0. The van der Waals surface area contributed by atoms with Gasteiger partial charge in [-0.2, -0.15) is 0 Å². The van der Waals surface area contributed by atoms with Gasteiger partial charge in [0.2, 0.25) is 0 Å². The van der Waals surface area contributed by atoms with Crippen molar-refractivity contribution in [2.75, 3.05) is 23.9 Å². The van der Waals surface area contributed by atoms with Crippen molar-refractivity contribution in [3.05, 3.63) is 56.3 Å². The lowest BCUT2D eigenvalue weighted by Gasteiger charge is -2.30. The van der Waals surface area contributed by atoms with Gasteiger partial charge in [0.25, 0.3) is 10.9 Å². The Morgan fingerprint density at radius 1 is 0.950 bits per heavy atom. The van der Waals surface area contributed by atoms with E-state index >= 15 is 0 Å². The highest BCUT2D eigenvalue weighted by atomic mass is 16.2. The molecule has 0 saturated heterocycles. The van der Waals surface area contributed by atoms with E-state index in [0.29, 0.717) is 17.9 Å². The number of nitrogens with zero attached hydrogens (tertiary/aromatic N) is 2. The Bertz CT molecular complexity index is 655. The van der Waals surface area contributed by atoms with Crippen LogP contribution in [0.5, 0.6) is 0 Å². The zero-order chi connectivity index (χ0) is 14.9. The number of anilines is 2. The van der Waals surface area contributed by atoms with Crippen molar-refractivity contribution in [2.24, 2.45) is 0 Å². The highest BCUT2D eigenvalue weighted by molar-refractivity contribution is 5.76. The second-order valence-corrected chi connectivity index (χ2v) is 5.40. The maximum Gasteiger partial charge on any atom is 0.253 e. The average molecular weight is 272 g/mol. The zero-order valence-electron chi connectivity index (χ0n) is 12.4. The molecule has 0 spiro atoms. The van der Waals surface area contributed by atoms with Crippen LogP contribution in [-0.4, -0.2) is 20.1 Å². The summed E-state index contributed by atoms with van der Waals surface area (Å²) < 4.78 is 0. The van der Waals surface area contributed by atoms with Crippen LogP contribution in [-0.2, 0) is 6.54 Å². The molecule has 0 aliphatic rings. The van der Waals surface area contributed by atoms with E-state index < -0.39 is 0 Å². The molecule has 2 aromatic rings. The minimum Gasteiger partial charge on any atom is -0.367 e. The van der Waals surface area contributed by atoms with Crippen LogP contribution in [0.15, 0.2) is 39.9 Å². The van der Waals surface area contributed by atoms with Crippen molar-refractivity contribution < 1.29 is 0 Å². The molecule has 20 heavy (non-hydrogen) atoms. The molecule has 0 aliphatic heterocycles. The molecule has 0 aliphatic carbocycles. The fourth-order valence-electron chi connectivity index (χ4n) is 2.24. The summed E-state index contributed by atoms with van der Waals surface area (Å²) in [5.41, 5.74) is 1.40. The predicted octanol–water partition coefficient (Wildman–Crippen LogP) is 1.76. The lowest BCUT2D eigenvalue weighted by atomic mass is 10.1. The fourth-order valence-corrected chi connectivity index (χ4v) is 2.24. The molecule has 0 unspecified atom stereocenters. The summed E-state index contributed by atoms with van der Waals surface area (Å²) in [4.78, 5) is 27.4. The first-order valence-electron chi connectivity index (χ1n) is 6.74. The van der Waals surface area contributed by atoms with E-state index in [1.54, 1.807) is 0 Å². The van der Waals surface area contributed by atoms with E-state index in [1.165, 1.54) is 0 Å². The van der Waals surface area contributed by atoms with Crippen LogP contribution in [0.1, 0.15) is 19.4 Å². The Hall–Kier alpha value is -2.10. The van der Waals surface area contributed by atoms with Crippen LogP contribution >= 0.6 is 0 Å². The fraction of sp³-hybridized carbons (Fsp3) is 0.375. The standard InChI is InChI=1S/C16H20N2O2/c1-11(2)18(4)14-13(15(19)16(14)20)17(3)10-12-8-6-5-7-9-12/h5-9,11H,10H2,1-4H3.